The van der Waals surface area contributed by atoms with E-state index in [0.717, 1.165) is 46.4 Å². The van der Waals surface area contributed by atoms with Gasteiger partial charge in [-0.25, -0.2) is 9.97 Å². The van der Waals surface area contributed by atoms with Gasteiger partial charge in [-0.1, -0.05) is 35.5 Å². The third-order valence-corrected chi connectivity index (χ3v) is 4.28. The van der Waals surface area contributed by atoms with E-state index in [-0.39, 0.29) is 0 Å². The molecule has 0 bridgehead atoms. The SMILES string of the molecule is Cc1noc(C)c1Nc1cnc2nc(C)n(Cc3ccccc3)c2c1. The maximum absolute atomic E-state index is 5.21. The lowest BCUT2D eigenvalue weighted by Crippen LogP contribution is -2.02. The molecule has 0 atom stereocenters. The average Bonchev–Trinajstić information content (AvgIpc) is 3.10. The van der Waals surface area contributed by atoms with Gasteiger partial charge >= 0.3 is 0 Å². The van der Waals surface area contributed by atoms with Gasteiger partial charge in [-0.2, -0.15) is 0 Å². The van der Waals surface area contributed by atoms with Crippen LogP contribution in [0.1, 0.15) is 22.8 Å². The highest BCUT2D eigenvalue weighted by Gasteiger charge is 2.13. The monoisotopic (exact) mass is 333 g/mol. The number of imidazole rings is 1. The molecule has 6 heteroatoms. The zero-order valence-electron chi connectivity index (χ0n) is 14.4. The van der Waals surface area contributed by atoms with Gasteiger partial charge in [0.1, 0.15) is 17.2 Å². The van der Waals surface area contributed by atoms with Gasteiger partial charge < -0.3 is 14.4 Å². The number of nitrogens with one attached hydrogen (secondary N) is 1. The molecule has 6 nitrogen and oxygen atoms in total. The van der Waals surface area contributed by atoms with Crippen LogP contribution in [0.5, 0.6) is 0 Å². The molecule has 0 fully saturated rings. The summed E-state index contributed by atoms with van der Waals surface area (Å²) in [5.41, 5.74) is 5.57. The summed E-state index contributed by atoms with van der Waals surface area (Å²) in [7, 11) is 0. The summed E-state index contributed by atoms with van der Waals surface area (Å²) < 4.78 is 7.39. The number of pyridine rings is 1. The number of rotatable bonds is 4. The molecule has 0 saturated carbocycles. The molecule has 1 N–H and O–H groups in total. The topological polar surface area (TPSA) is 68.8 Å². The lowest BCUT2D eigenvalue weighted by molar-refractivity contribution is 0.393. The summed E-state index contributed by atoms with van der Waals surface area (Å²) in [6.45, 7) is 6.57. The summed E-state index contributed by atoms with van der Waals surface area (Å²) in [5, 5.41) is 7.33. The van der Waals surface area contributed by atoms with Gasteiger partial charge in [0.2, 0.25) is 0 Å². The predicted molar refractivity (Wildman–Crippen MR) is 97.1 cm³/mol. The van der Waals surface area contributed by atoms with Crippen LogP contribution in [-0.2, 0) is 6.54 Å². The van der Waals surface area contributed by atoms with Crippen molar-refractivity contribution in [1.29, 1.82) is 0 Å². The molecule has 0 aliphatic rings. The van der Waals surface area contributed by atoms with Crippen molar-refractivity contribution in [2.75, 3.05) is 5.32 Å². The Hall–Kier alpha value is -3.15. The average molecular weight is 333 g/mol. The summed E-state index contributed by atoms with van der Waals surface area (Å²) in [6.07, 6.45) is 1.79. The highest BCUT2D eigenvalue weighted by Crippen LogP contribution is 2.26. The predicted octanol–water partition coefficient (Wildman–Crippen LogP) is 4.14. The Bertz CT molecular complexity index is 1010. The first-order chi connectivity index (χ1) is 12.1. The van der Waals surface area contributed by atoms with E-state index in [4.69, 9.17) is 4.52 Å². The minimum absolute atomic E-state index is 0.748. The molecule has 0 radical (unpaired) electrons. The zero-order valence-corrected chi connectivity index (χ0v) is 14.4. The Morgan fingerprint density at radius 3 is 2.64 bits per heavy atom. The molecule has 0 amide bonds. The first kappa shape index (κ1) is 15.4. The van der Waals surface area contributed by atoms with Crippen LogP contribution in [0.4, 0.5) is 11.4 Å². The highest BCUT2D eigenvalue weighted by atomic mass is 16.5. The van der Waals surface area contributed by atoms with Gasteiger partial charge in [-0.15, -0.1) is 0 Å². The van der Waals surface area contributed by atoms with Crippen molar-refractivity contribution in [2.24, 2.45) is 0 Å². The minimum atomic E-state index is 0.748. The van der Waals surface area contributed by atoms with Gasteiger partial charge in [-0.05, 0) is 32.4 Å². The minimum Gasteiger partial charge on any atom is -0.359 e. The van der Waals surface area contributed by atoms with E-state index in [1.165, 1.54) is 5.56 Å². The highest BCUT2D eigenvalue weighted by molar-refractivity contribution is 5.78. The van der Waals surface area contributed by atoms with Crippen molar-refractivity contribution < 1.29 is 4.52 Å². The Kier molecular flexibility index (Phi) is 3.72. The summed E-state index contributed by atoms with van der Waals surface area (Å²) >= 11 is 0. The number of benzene rings is 1. The van der Waals surface area contributed by atoms with Gasteiger partial charge in [0.25, 0.3) is 0 Å². The van der Waals surface area contributed by atoms with Crippen molar-refractivity contribution in [3.05, 3.63) is 65.4 Å². The van der Waals surface area contributed by atoms with E-state index in [2.05, 4.69) is 43.2 Å². The van der Waals surface area contributed by atoms with Crippen molar-refractivity contribution in [3.8, 4) is 0 Å². The van der Waals surface area contributed by atoms with E-state index < -0.39 is 0 Å². The number of fused-ring (bicyclic) bond motifs is 1. The van der Waals surface area contributed by atoms with Gasteiger partial charge in [-0.3, -0.25) is 0 Å². The van der Waals surface area contributed by atoms with Crippen molar-refractivity contribution in [1.82, 2.24) is 19.7 Å². The molecule has 25 heavy (non-hydrogen) atoms. The van der Waals surface area contributed by atoms with E-state index in [9.17, 15) is 0 Å². The molecule has 3 heterocycles. The third-order valence-electron chi connectivity index (χ3n) is 4.28. The van der Waals surface area contributed by atoms with Crippen LogP contribution in [-0.4, -0.2) is 19.7 Å². The molecule has 1 aromatic carbocycles. The van der Waals surface area contributed by atoms with Crippen molar-refractivity contribution in [3.63, 3.8) is 0 Å². The number of hydrogen-bond acceptors (Lipinski definition) is 5. The number of nitrogens with zero attached hydrogens (tertiary/aromatic N) is 4. The number of anilines is 2. The fourth-order valence-corrected chi connectivity index (χ4v) is 2.96. The van der Waals surface area contributed by atoms with Crippen LogP contribution in [0.2, 0.25) is 0 Å². The molecule has 0 aliphatic heterocycles. The second kappa shape index (κ2) is 6.05. The van der Waals surface area contributed by atoms with Gasteiger partial charge in [0, 0.05) is 6.54 Å². The van der Waals surface area contributed by atoms with Crippen LogP contribution in [0.3, 0.4) is 0 Å². The molecule has 4 rings (SSSR count). The first-order valence-corrected chi connectivity index (χ1v) is 8.18. The molecule has 4 aromatic rings. The molecular weight excluding hydrogens is 314 g/mol. The van der Waals surface area contributed by atoms with E-state index in [1.54, 1.807) is 6.20 Å². The number of aryl methyl sites for hydroxylation is 3. The largest absolute Gasteiger partial charge is 0.359 e. The van der Waals surface area contributed by atoms with Gasteiger partial charge in [0.15, 0.2) is 11.4 Å². The molecule has 0 spiro atoms. The molecular formula is C19H19N5O. The molecule has 0 saturated heterocycles. The molecule has 0 aliphatic carbocycles. The summed E-state index contributed by atoms with van der Waals surface area (Å²) in [6, 6.07) is 12.4. The maximum atomic E-state index is 5.21. The normalized spacial score (nSPS) is 11.2. The number of hydrogen-bond donors (Lipinski definition) is 1. The summed E-state index contributed by atoms with van der Waals surface area (Å²) in [5.74, 6) is 1.70. The van der Waals surface area contributed by atoms with E-state index in [0.29, 0.717) is 0 Å². The lowest BCUT2D eigenvalue weighted by atomic mass is 10.2. The Morgan fingerprint density at radius 2 is 1.92 bits per heavy atom. The van der Waals surface area contributed by atoms with Gasteiger partial charge in [0.05, 0.1) is 17.4 Å². The van der Waals surface area contributed by atoms with Crippen LogP contribution >= 0.6 is 0 Å². The summed E-state index contributed by atoms with van der Waals surface area (Å²) in [4.78, 5) is 9.07. The molecule has 3 aromatic heterocycles. The van der Waals surface area contributed by atoms with Crippen molar-refractivity contribution >= 4 is 22.5 Å². The standard InChI is InChI=1S/C19H19N5O/c1-12-18(13(2)25-23-12)22-16-9-17-19(20-10-16)21-14(3)24(17)11-15-7-5-4-6-8-15/h4-10,22H,11H2,1-3H3. The van der Waals surface area contributed by atoms with Crippen molar-refractivity contribution in [2.45, 2.75) is 27.3 Å². The van der Waals surface area contributed by atoms with Crippen LogP contribution in [0, 0.1) is 20.8 Å². The quantitative estimate of drug-likeness (QED) is 0.608. The fourth-order valence-electron chi connectivity index (χ4n) is 2.96. The van der Waals surface area contributed by atoms with Crippen LogP contribution in [0.15, 0.2) is 47.1 Å². The van der Waals surface area contributed by atoms with Crippen LogP contribution < -0.4 is 5.32 Å². The Morgan fingerprint density at radius 1 is 1.12 bits per heavy atom. The first-order valence-electron chi connectivity index (χ1n) is 8.18. The second-order valence-electron chi connectivity index (χ2n) is 6.12. The van der Waals surface area contributed by atoms with Crippen LogP contribution in [0.25, 0.3) is 11.2 Å². The smallest absolute Gasteiger partial charge is 0.178 e. The molecule has 126 valence electrons. The zero-order chi connectivity index (χ0) is 17.4. The van der Waals surface area contributed by atoms with E-state index >= 15 is 0 Å². The van der Waals surface area contributed by atoms with E-state index in [1.807, 2.05) is 39.0 Å². The lowest BCUT2D eigenvalue weighted by Gasteiger charge is -2.09. The number of aromatic nitrogens is 4. The Labute approximate surface area is 145 Å². The molecule has 0 unspecified atom stereocenters. The Balaban J connectivity index is 1.73. The third kappa shape index (κ3) is 2.87. The second-order valence-corrected chi connectivity index (χ2v) is 6.12. The fraction of sp³-hybridized carbons (Fsp3) is 0.211. The maximum Gasteiger partial charge on any atom is 0.178 e.